The van der Waals surface area contributed by atoms with Crippen LogP contribution < -0.4 is 0 Å². The third kappa shape index (κ3) is 2.76. The second-order valence-electron chi connectivity index (χ2n) is 7.26. The second-order valence-corrected chi connectivity index (χ2v) is 7.26. The van der Waals surface area contributed by atoms with Crippen LogP contribution in [0.2, 0.25) is 0 Å². The van der Waals surface area contributed by atoms with E-state index in [2.05, 4.69) is 103 Å². The summed E-state index contributed by atoms with van der Waals surface area (Å²) in [5.74, 6) is 0.255. The predicted octanol–water partition coefficient (Wildman–Crippen LogP) is 4.29. The molecule has 3 aromatic rings. The first-order chi connectivity index (χ1) is 12.7. The molecule has 0 saturated carbocycles. The topological polar surface area (TPSA) is 23.5 Å². The highest BCUT2D eigenvalue weighted by Crippen LogP contribution is 2.44. The average molecular weight is 343 g/mol. The van der Waals surface area contributed by atoms with Gasteiger partial charge in [0, 0.05) is 13.1 Å². The van der Waals surface area contributed by atoms with Gasteiger partial charge >= 0.3 is 0 Å². The molecule has 0 bridgehead atoms. The molecule has 1 fully saturated rings. The molecule has 1 heterocycles. The molecule has 132 valence electrons. The molecule has 2 nitrogen and oxygen atoms in total. The van der Waals surface area contributed by atoms with Gasteiger partial charge in [0.2, 0.25) is 0 Å². The van der Waals surface area contributed by atoms with Crippen molar-refractivity contribution in [3.05, 3.63) is 108 Å². The Morgan fingerprint density at radius 1 is 0.692 bits per heavy atom. The summed E-state index contributed by atoms with van der Waals surface area (Å²) >= 11 is 0. The molecular formula is C24H25NO. The molecule has 1 aliphatic rings. The normalized spacial score (nSPS) is 21.0. The van der Waals surface area contributed by atoms with Crippen LogP contribution in [0.15, 0.2) is 91.0 Å². The van der Waals surface area contributed by atoms with Crippen molar-refractivity contribution in [2.45, 2.75) is 18.6 Å². The standard InChI is InChI=1S/C24H25NO/c1-19-17-25(18-23(19)26)24(20-11-5-2-6-12-20,21-13-7-3-8-14-21)22-15-9-4-10-16-22/h2-16,19,23,26H,17-18H2,1H3. The monoisotopic (exact) mass is 343 g/mol. The molecular weight excluding hydrogens is 318 g/mol. The van der Waals surface area contributed by atoms with Crippen LogP contribution in [0.4, 0.5) is 0 Å². The summed E-state index contributed by atoms with van der Waals surface area (Å²) in [5, 5.41) is 10.5. The van der Waals surface area contributed by atoms with Crippen LogP contribution in [0.1, 0.15) is 23.6 Å². The van der Waals surface area contributed by atoms with Gasteiger partial charge in [-0.05, 0) is 22.6 Å². The fourth-order valence-corrected chi connectivity index (χ4v) is 4.31. The molecule has 0 spiro atoms. The Morgan fingerprint density at radius 3 is 1.38 bits per heavy atom. The smallest absolute Gasteiger partial charge is 0.0973 e. The lowest BCUT2D eigenvalue weighted by molar-refractivity contribution is 0.131. The highest BCUT2D eigenvalue weighted by Gasteiger charge is 2.46. The van der Waals surface area contributed by atoms with Crippen molar-refractivity contribution >= 4 is 0 Å². The van der Waals surface area contributed by atoms with Crippen molar-refractivity contribution in [2.75, 3.05) is 13.1 Å². The molecule has 2 atom stereocenters. The van der Waals surface area contributed by atoms with Gasteiger partial charge in [-0.3, -0.25) is 4.90 Å². The third-order valence-corrected chi connectivity index (χ3v) is 5.62. The number of rotatable bonds is 4. The van der Waals surface area contributed by atoms with Crippen molar-refractivity contribution in [3.63, 3.8) is 0 Å². The first-order valence-corrected chi connectivity index (χ1v) is 9.32. The maximum absolute atomic E-state index is 10.5. The lowest BCUT2D eigenvalue weighted by Crippen LogP contribution is -2.47. The number of likely N-dealkylation sites (tertiary alicyclic amines) is 1. The predicted molar refractivity (Wildman–Crippen MR) is 106 cm³/mol. The Balaban J connectivity index is 2.01. The molecule has 0 aromatic heterocycles. The van der Waals surface area contributed by atoms with Crippen LogP contribution in [0.5, 0.6) is 0 Å². The van der Waals surface area contributed by atoms with Gasteiger partial charge in [-0.15, -0.1) is 0 Å². The Morgan fingerprint density at radius 2 is 1.08 bits per heavy atom. The molecule has 2 unspecified atom stereocenters. The van der Waals surface area contributed by atoms with Gasteiger partial charge in [-0.2, -0.15) is 0 Å². The zero-order valence-electron chi connectivity index (χ0n) is 15.1. The zero-order valence-corrected chi connectivity index (χ0v) is 15.1. The highest BCUT2D eigenvalue weighted by molar-refractivity contribution is 5.49. The third-order valence-electron chi connectivity index (χ3n) is 5.62. The molecule has 4 rings (SSSR count). The summed E-state index contributed by atoms with van der Waals surface area (Å²) in [6.07, 6.45) is -0.300. The Hall–Kier alpha value is -2.42. The van der Waals surface area contributed by atoms with Gasteiger partial charge in [-0.25, -0.2) is 0 Å². The Labute approximate surface area is 155 Å². The Kier molecular flexibility index (Phi) is 4.62. The molecule has 0 amide bonds. The minimum atomic E-state index is -0.407. The summed E-state index contributed by atoms with van der Waals surface area (Å²) in [6.45, 7) is 3.66. The van der Waals surface area contributed by atoms with Gasteiger partial charge in [0.15, 0.2) is 0 Å². The SMILES string of the molecule is CC1CN(C(c2ccccc2)(c2ccccc2)c2ccccc2)CC1O. The number of hydrogen-bond acceptors (Lipinski definition) is 2. The first-order valence-electron chi connectivity index (χ1n) is 9.32. The van der Waals surface area contributed by atoms with E-state index in [-0.39, 0.29) is 12.0 Å². The van der Waals surface area contributed by atoms with Gasteiger partial charge < -0.3 is 5.11 Å². The van der Waals surface area contributed by atoms with Crippen molar-refractivity contribution in [2.24, 2.45) is 5.92 Å². The van der Waals surface area contributed by atoms with Crippen LogP contribution >= 0.6 is 0 Å². The maximum Gasteiger partial charge on any atom is 0.0973 e. The van der Waals surface area contributed by atoms with Gasteiger partial charge in [0.1, 0.15) is 0 Å². The number of benzene rings is 3. The van der Waals surface area contributed by atoms with Crippen molar-refractivity contribution in [3.8, 4) is 0 Å². The summed E-state index contributed by atoms with van der Waals surface area (Å²) in [6, 6.07) is 32.0. The lowest BCUT2D eigenvalue weighted by Gasteiger charge is -2.44. The fraction of sp³-hybridized carbons (Fsp3) is 0.250. The van der Waals surface area contributed by atoms with E-state index < -0.39 is 5.54 Å². The van der Waals surface area contributed by atoms with Crippen molar-refractivity contribution < 1.29 is 5.11 Å². The van der Waals surface area contributed by atoms with E-state index in [0.29, 0.717) is 6.54 Å². The average Bonchev–Trinajstić information content (AvgIpc) is 3.04. The van der Waals surface area contributed by atoms with Crippen LogP contribution in [-0.2, 0) is 5.54 Å². The lowest BCUT2D eigenvalue weighted by atomic mass is 9.75. The molecule has 3 aromatic carbocycles. The molecule has 0 radical (unpaired) electrons. The van der Waals surface area contributed by atoms with E-state index in [0.717, 1.165) is 6.54 Å². The molecule has 0 aliphatic carbocycles. The van der Waals surface area contributed by atoms with Crippen LogP contribution in [0.25, 0.3) is 0 Å². The van der Waals surface area contributed by atoms with Crippen LogP contribution in [0, 0.1) is 5.92 Å². The zero-order chi connectivity index (χ0) is 18.0. The largest absolute Gasteiger partial charge is 0.391 e. The number of aliphatic hydroxyl groups is 1. The molecule has 1 saturated heterocycles. The minimum absolute atomic E-state index is 0.255. The molecule has 1 N–H and O–H groups in total. The number of β-amino-alcohol motifs (C(OH)–C–C–N with tert-alkyl or cyclic N) is 1. The number of aliphatic hydroxyl groups excluding tert-OH is 1. The van der Waals surface area contributed by atoms with Gasteiger partial charge in [0.05, 0.1) is 11.6 Å². The summed E-state index contributed by atoms with van der Waals surface area (Å²) < 4.78 is 0. The Bertz CT molecular complexity index is 725. The van der Waals surface area contributed by atoms with E-state index in [1.807, 2.05) is 0 Å². The second kappa shape index (κ2) is 7.06. The molecule has 1 aliphatic heterocycles. The van der Waals surface area contributed by atoms with Gasteiger partial charge in [0.25, 0.3) is 0 Å². The van der Waals surface area contributed by atoms with E-state index >= 15 is 0 Å². The van der Waals surface area contributed by atoms with Crippen LogP contribution in [0.3, 0.4) is 0 Å². The van der Waals surface area contributed by atoms with Crippen molar-refractivity contribution in [1.29, 1.82) is 0 Å². The van der Waals surface area contributed by atoms with Gasteiger partial charge in [-0.1, -0.05) is 97.9 Å². The first kappa shape index (κ1) is 17.0. The number of nitrogens with zero attached hydrogens (tertiary/aromatic N) is 1. The van der Waals surface area contributed by atoms with Crippen LogP contribution in [-0.4, -0.2) is 29.2 Å². The highest BCUT2D eigenvalue weighted by atomic mass is 16.3. The van der Waals surface area contributed by atoms with E-state index in [1.165, 1.54) is 16.7 Å². The summed E-state index contributed by atoms with van der Waals surface area (Å²) in [5.41, 5.74) is 3.30. The van der Waals surface area contributed by atoms with Crippen molar-refractivity contribution in [1.82, 2.24) is 4.90 Å². The molecule has 2 heteroatoms. The number of hydrogen-bond donors (Lipinski definition) is 1. The van der Waals surface area contributed by atoms with E-state index in [1.54, 1.807) is 0 Å². The maximum atomic E-state index is 10.5. The quantitative estimate of drug-likeness (QED) is 0.714. The minimum Gasteiger partial charge on any atom is -0.391 e. The molecule has 26 heavy (non-hydrogen) atoms. The van der Waals surface area contributed by atoms with E-state index in [9.17, 15) is 5.11 Å². The van der Waals surface area contributed by atoms with E-state index in [4.69, 9.17) is 0 Å². The summed E-state index contributed by atoms with van der Waals surface area (Å²) in [7, 11) is 0. The summed E-state index contributed by atoms with van der Waals surface area (Å²) in [4.78, 5) is 2.45. The fourth-order valence-electron chi connectivity index (χ4n) is 4.31.